The van der Waals surface area contributed by atoms with Crippen LogP contribution in [0.3, 0.4) is 0 Å². The monoisotopic (exact) mass is 258 g/mol. The van der Waals surface area contributed by atoms with Gasteiger partial charge in [-0.2, -0.15) is 0 Å². The fourth-order valence-corrected chi connectivity index (χ4v) is 1.44. The molecule has 0 unspecified atom stereocenters. The van der Waals surface area contributed by atoms with Gasteiger partial charge in [-0.1, -0.05) is 91.6 Å². The molecule has 0 aromatic rings. The fourth-order valence-electron chi connectivity index (χ4n) is 1.44. The van der Waals surface area contributed by atoms with Crippen molar-refractivity contribution < 1.29 is 0 Å². The van der Waals surface area contributed by atoms with Gasteiger partial charge in [-0.05, 0) is 28.9 Å². The maximum atomic E-state index is 3.61. The highest BCUT2D eigenvalue weighted by Crippen LogP contribution is 2.22. The summed E-state index contributed by atoms with van der Waals surface area (Å²) in [7, 11) is 0. The third kappa shape index (κ3) is 6.36. The molecule has 0 saturated heterocycles. The van der Waals surface area contributed by atoms with Crippen LogP contribution < -0.4 is 0 Å². The molecule has 0 atom stereocenters. The first-order valence-electron chi connectivity index (χ1n) is 6.67. The zero-order valence-corrected chi connectivity index (χ0v) is 11.4. The van der Waals surface area contributed by atoms with Gasteiger partial charge in [0.25, 0.3) is 0 Å². The number of hydrogen-bond donors (Lipinski definition) is 0. The highest BCUT2D eigenvalue weighted by Gasteiger charge is 2.02. The van der Waals surface area contributed by atoms with E-state index in [1.807, 2.05) is 42.5 Å². The summed E-state index contributed by atoms with van der Waals surface area (Å²) < 4.78 is 0. The van der Waals surface area contributed by atoms with Crippen molar-refractivity contribution in [2.45, 2.75) is 0 Å². The van der Waals surface area contributed by atoms with E-state index in [4.69, 9.17) is 0 Å². The van der Waals surface area contributed by atoms with Gasteiger partial charge < -0.3 is 0 Å². The van der Waals surface area contributed by atoms with Gasteiger partial charge in [0.05, 0.1) is 0 Å². The van der Waals surface area contributed by atoms with Gasteiger partial charge in [0.15, 0.2) is 0 Å². The lowest BCUT2D eigenvalue weighted by atomic mass is 10.2. The second-order valence-electron chi connectivity index (χ2n) is 4.40. The van der Waals surface area contributed by atoms with Crippen LogP contribution in [0.1, 0.15) is 0 Å². The van der Waals surface area contributed by atoms with Crippen LogP contribution in [0.5, 0.6) is 0 Å². The van der Waals surface area contributed by atoms with Crippen LogP contribution >= 0.6 is 0 Å². The Labute approximate surface area is 121 Å². The van der Waals surface area contributed by atoms with Crippen molar-refractivity contribution >= 4 is 0 Å². The van der Waals surface area contributed by atoms with E-state index >= 15 is 0 Å². The maximum Gasteiger partial charge on any atom is -0.0245 e. The Bertz CT molecular complexity index is 575. The van der Waals surface area contributed by atoms with E-state index < -0.39 is 0 Å². The summed E-state index contributed by atoms with van der Waals surface area (Å²) in [5.74, 6) is 0. The Morgan fingerprint density at radius 1 is 0.650 bits per heavy atom. The molecule has 0 aromatic heterocycles. The Hall–Kier alpha value is -2.60. The SMILES string of the molecule is C=C/C=C/C=C/C=C/C=C/C=C(C=C1C=C1)C=C1C=C1. The van der Waals surface area contributed by atoms with Gasteiger partial charge in [0.1, 0.15) is 0 Å². The average Bonchev–Trinajstić information content (AvgIpc) is 3.33. The standard InChI is InChI=1S/C20H18/c1-2-3-4-5-6-7-8-9-10-11-20(16-18-12-13-18)17-19-14-15-19/h2-17H,1H2/b4-3+,6-5+,8-7+,10-9+. The van der Waals surface area contributed by atoms with E-state index in [0.717, 1.165) is 0 Å². The van der Waals surface area contributed by atoms with Crippen molar-refractivity contribution in [2.75, 3.05) is 0 Å². The normalized spacial score (nSPS) is 15.8. The summed E-state index contributed by atoms with van der Waals surface area (Å²) in [5, 5.41) is 0. The van der Waals surface area contributed by atoms with Crippen LogP contribution in [0.4, 0.5) is 0 Å². The van der Waals surface area contributed by atoms with Crippen molar-refractivity contribution in [1.29, 1.82) is 0 Å². The van der Waals surface area contributed by atoms with E-state index in [9.17, 15) is 0 Å². The van der Waals surface area contributed by atoms with Crippen molar-refractivity contribution in [2.24, 2.45) is 0 Å². The topological polar surface area (TPSA) is 0 Å². The van der Waals surface area contributed by atoms with Crippen LogP contribution in [0, 0.1) is 0 Å². The summed E-state index contributed by atoms with van der Waals surface area (Å²) in [6, 6.07) is 0. The molecule has 2 aliphatic carbocycles. The number of hydrogen-bond acceptors (Lipinski definition) is 0. The third-order valence-corrected chi connectivity index (χ3v) is 2.59. The molecule has 2 rings (SSSR count). The molecule has 0 N–H and O–H groups in total. The van der Waals surface area contributed by atoms with E-state index in [0.29, 0.717) is 0 Å². The van der Waals surface area contributed by atoms with Crippen molar-refractivity contribution in [3.05, 3.63) is 121 Å². The molecule has 0 spiro atoms. The van der Waals surface area contributed by atoms with Crippen LogP contribution in [0.15, 0.2) is 121 Å². The molecule has 0 nitrogen and oxygen atoms in total. The largest absolute Gasteiger partial charge is 0.0991 e. The summed E-state index contributed by atoms with van der Waals surface area (Å²) >= 11 is 0. The first-order chi connectivity index (χ1) is 9.88. The van der Waals surface area contributed by atoms with E-state index in [1.165, 1.54) is 16.7 Å². The molecule has 0 aromatic carbocycles. The molecule has 0 amide bonds. The molecule has 0 heteroatoms. The van der Waals surface area contributed by atoms with Gasteiger partial charge in [0.2, 0.25) is 0 Å². The van der Waals surface area contributed by atoms with Crippen LogP contribution in [-0.2, 0) is 0 Å². The lowest BCUT2D eigenvalue weighted by Gasteiger charge is -1.90. The first kappa shape index (κ1) is 13.8. The predicted molar refractivity (Wildman–Crippen MR) is 89.3 cm³/mol. The van der Waals surface area contributed by atoms with Crippen LogP contribution in [-0.4, -0.2) is 0 Å². The van der Waals surface area contributed by atoms with Gasteiger partial charge in [-0.15, -0.1) is 0 Å². The minimum absolute atomic E-state index is 1.22. The second-order valence-corrected chi connectivity index (χ2v) is 4.40. The van der Waals surface area contributed by atoms with Crippen molar-refractivity contribution in [1.82, 2.24) is 0 Å². The fraction of sp³-hybridized carbons (Fsp3) is 0. The minimum atomic E-state index is 1.22. The lowest BCUT2D eigenvalue weighted by molar-refractivity contribution is 1.65. The van der Waals surface area contributed by atoms with Crippen molar-refractivity contribution in [3.8, 4) is 0 Å². The zero-order chi connectivity index (χ0) is 14.0. The first-order valence-corrected chi connectivity index (χ1v) is 6.67. The third-order valence-electron chi connectivity index (χ3n) is 2.59. The van der Waals surface area contributed by atoms with E-state index in [-0.39, 0.29) is 0 Å². The minimum Gasteiger partial charge on any atom is -0.0991 e. The Kier molecular flexibility index (Phi) is 5.36. The molecule has 0 bridgehead atoms. The van der Waals surface area contributed by atoms with Crippen molar-refractivity contribution in [3.63, 3.8) is 0 Å². The molecule has 98 valence electrons. The summed E-state index contributed by atoms with van der Waals surface area (Å²) in [4.78, 5) is 0. The average molecular weight is 258 g/mol. The van der Waals surface area contributed by atoms with Crippen LogP contribution in [0.2, 0.25) is 0 Å². The van der Waals surface area contributed by atoms with Gasteiger partial charge in [-0.3, -0.25) is 0 Å². The highest BCUT2D eigenvalue weighted by atomic mass is 14.1. The van der Waals surface area contributed by atoms with Gasteiger partial charge >= 0.3 is 0 Å². The Morgan fingerprint density at radius 3 is 1.55 bits per heavy atom. The van der Waals surface area contributed by atoms with Crippen LogP contribution in [0.25, 0.3) is 0 Å². The molecule has 20 heavy (non-hydrogen) atoms. The summed E-state index contributed by atoms with van der Waals surface area (Å²) in [6.07, 6.45) is 32.6. The molecule has 2 aliphatic rings. The molecular weight excluding hydrogens is 240 g/mol. The molecule has 0 heterocycles. The molecule has 0 radical (unpaired) electrons. The number of allylic oxidation sites excluding steroid dienone is 19. The Balaban J connectivity index is 1.84. The molecule has 0 saturated carbocycles. The second kappa shape index (κ2) is 7.75. The quantitative estimate of drug-likeness (QED) is 0.542. The Morgan fingerprint density at radius 2 is 1.10 bits per heavy atom. The zero-order valence-electron chi connectivity index (χ0n) is 11.4. The molecular formula is C20H18. The van der Waals surface area contributed by atoms with E-state index in [1.54, 1.807) is 6.08 Å². The van der Waals surface area contributed by atoms with E-state index in [2.05, 4.69) is 55.2 Å². The number of rotatable bonds is 7. The summed E-state index contributed by atoms with van der Waals surface area (Å²) in [6.45, 7) is 3.61. The van der Waals surface area contributed by atoms with Gasteiger partial charge in [-0.25, -0.2) is 0 Å². The highest BCUT2D eigenvalue weighted by molar-refractivity contribution is 5.57. The summed E-state index contributed by atoms with van der Waals surface area (Å²) in [5.41, 5.74) is 3.82. The lowest BCUT2D eigenvalue weighted by Crippen LogP contribution is -1.70. The predicted octanol–water partition coefficient (Wildman–Crippen LogP) is 5.32. The molecule has 0 fully saturated rings. The smallest absolute Gasteiger partial charge is 0.0245 e. The van der Waals surface area contributed by atoms with Gasteiger partial charge in [0, 0.05) is 0 Å². The molecule has 0 aliphatic heterocycles. The maximum absolute atomic E-state index is 3.61.